The van der Waals surface area contributed by atoms with Gasteiger partial charge in [-0.1, -0.05) is 20.3 Å². The van der Waals surface area contributed by atoms with E-state index in [-0.39, 0.29) is 0 Å². The molecule has 19 heavy (non-hydrogen) atoms. The zero-order valence-electron chi connectivity index (χ0n) is 13.0. The summed E-state index contributed by atoms with van der Waals surface area (Å²) in [6.07, 6.45) is 7.06. The first-order valence-corrected chi connectivity index (χ1v) is 9.39. The number of nitrogens with zero attached hydrogens (tertiary/aromatic N) is 1. The average Bonchev–Trinajstić information content (AvgIpc) is 2.86. The van der Waals surface area contributed by atoms with Gasteiger partial charge in [0.05, 0.1) is 0 Å². The van der Waals surface area contributed by atoms with E-state index in [4.69, 9.17) is 0 Å². The molecule has 0 amide bonds. The Kier molecular flexibility index (Phi) is 6.51. The van der Waals surface area contributed by atoms with Crippen LogP contribution in [0.5, 0.6) is 0 Å². The number of likely N-dealkylation sites (tertiary alicyclic amines) is 1. The highest BCUT2D eigenvalue weighted by Gasteiger charge is 2.31. The second-order valence-electron chi connectivity index (χ2n) is 6.28. The predicted octanol–water partition coefficient (Wildman–Crippen LogP) is 3.37. The topological polar surface area (TPSA) is 15.3 Å². The van der Waals surface area contributed by atoms with Crippen molar-refractivity contribution in [2.45, 2.75) is 70.2 Å². The molecule has 0 spiro atoms. The van der Waals surface area contributed by atoms with E-state index in [0.29, 0.717) is 6.04 Å². The summed E-state index contributed by atoms with van der Waals surface area (Å²) >= 11 is 2.17. The van der Waals surface area contributed by atoms with Crippen LogP contribution in [0.3, 0.4) is 0 Å². The average molecular weight is 285 g/mol. The summed E-state index contributed by atoms with van der Waals surface area (Å²) < 4.78 is 0. The molecular formula is C16H32N2S. The summed E-state index contributed by atoms with van der Waals surface area (Å²) in [6.45, 7) is 10.9. The molecule has 1 saturated heterocycles. The standard InChI is InChI=1S/C16H32N2S/c1-4-18-11-7-8-14(12-18)13(3)17-15-9-6-10-16(15)19-5-2/h13-17H,4-12H2,1-3H3. The first-order valence-electron chi connectivity index (χ1n) is 8.34. The van der Waals surface area contributed by atoms with E-state index in [1.54, 1.807) is 0 Å². The summed E-state index contributed by atoms with van der Waals surface area (Å²) in [7, 11) is 0. The van der Waals surface area contributed by atoms with Gasteiger partial charge in [-0.2, -0.15) is 11.8 Å². The molecule has 2 fully saturated rings. The molecule has 1 N–H and O–H groups in total. The van der Waals surface area contributed by atoms with Crippen LogP contribution in [-0.4, -0.2) is 47.6 Å². The highest BCUT2D eigenvalue weighted by atomic mass is 32.2. The molecule has 0 aromatic rings. The van der Waals surface area contributed by atoms with Crippen molar-refractivity contribution in [1.29, 1.82) is 0 Å². The minimum absolute atomic E-state index is 0.692. The predicted molar refractivity (Wildman–Crippen MR) is 87.0 cm³/mol. The van der Waals surface area contributed by atoms with Crippen molar-refractivity contribution in [2.24, 2.45) is 5.92 Å². The molecule has 4 unspecified atom stereocenters. The van der Waals surface area contributed by atoms with Crippen molar-refractivity contribution in [3.8, 4) is 0 Å². The van der Waals surface area contributed by atoms with Gasteiger partial charge in [-0.15, -0.1) is 0 Å². The summed E-state index contributed by atoms with van der Waals surface area (Å²) in [6, 6.07) is 1.47. The Balaban J connectivity index is 1.80. The normalized spacial score (nSPS) is 34.6. The molecular weight excluding hydrogens is 252 g/mol. The maximum atomic E-state index is 3.98. The van der Waals surface area contributed by atoms with Crippen LogP contribution in [0.2, 0.25) is 0 Å². The summed E-state index contributed by atoms with van der Waals surface area (Å²) in [5, 5.41) is 4.85. The zero-order chi connectivity index (χ0) is 13.7. The van der Waals surface area contributed by atoms with E-state index in [9.17, 15) is 0 Å². The van der Waals surface area contributed by atoms with Crippen molar-refractivity contribution in [1.82, 2.24) is 10.2 Å². The fourth-order valence-corrected chi connectivity index (χ4v) is 5.00. The molecule has 0 aromatic carbocycles. The maximum absolute atomic E-state index is 3.98. The smallest absolute Gasteiger partial charge is 0.0201 e. The van der Waals surface area contributed by atoms with Gasteiger partial charge in [0.15, 0.2) is 0 Å². The van der Waals surface area contributed by atoms with Gasteiger partial charge in [0, 0.05) is 23.9 Å². The van der Waals surface area contributed by atoms with Crippen molar-refractivity contribution >= 4 is 11.8 Å². The van der Waals surface area contributed by atoms with Gasteiger partial charge in [-0.3, -0.25) is 0 Å². The monoisotopic (exact) mass is 284 g/mol. The van der Waals surface area contributed by atoms with Gasteiger partial charge < -0.3 is 10.2 Å². The van der Waals surface area contributed by atoms with Crippen LogP contribution in [-0.2, 0) is 0 Å². The lowest BCUT2D eigenvalue weighted by atomic mass is 9.91. The number of hydrogen-bond donors (Lipinski definition) is 1. The van der Waals surface area contributed by atoms with Crippen molar-refractivity contribution in [2.75, 3.05) is 25.4 Å². The number of nitrogens with one attached hydrogen (secondary N) is 1. The van der Waals surface area contributed by atoms with E-state index in [1.807, 2.05) is 0 Å². The molecule has 1 saturated carbocycles. The highest BCUT2D eigenvalue weighted by Crippen LogP contribution is 2.31. The Morgan fingerprint density at radius 2 is 2.05 bits per heavy atom. The van der Waals surface area contributed by atoms with Crippen LogP contribution in [0.15, 0.2) is 0 Å². The van der Waals surface area contributed by atoms with Crippen LogP contribution in [0, 0.1) is 5.92 Å². The van der Waals surface area contributed by atoms with Crippen LogP contribution < -0.4 is 5.32 Å². The Hall–Kier alpha value is 0.270. The van der Waals surface area contributed by atoms with E-state index in [0.717, 1.165) is 17.2 Å². The molecule has 2 nitrogen and oxygen atoms in total. The van der Waals surface area contributed by atoms with Crippen molar-refractivity contribution in [3.05, 3.63) is 0 Å². The van der Waals surface area contributed by atoms with E-state index in [2.05, 4.69) is 42.7 Å². The van der Waals surface area contributed by atoms with Crippen LogP contribution in [0.1, 0.15) is 52.9 Å². The number of rotatable bonds is 6. The Morgan fingerprint density at radius 3 is 2.79 bits per heavy atom. The lowest BCUT2D eigenvalue weighted by Crippen LogP contribution is -2.48. The van der Waals surface area contributed by atoms with E-state index >= 15 is 0 Å². The molecule has 1 aliphatic heterocycles. The SMILES string of the molecule is CCSC1CCCC1NC(C)C1CCCN(CC)C1. The van der Waals surface area contributed by atoms with Crippen LogP contribution >= 0.6 is 11.8 Å². The first kappa shape index (κ1) is 15.7. The molecule has 2 rings (SSSR count). The highest BCUT2D eigenvalue weighted by molar-refractivity contribution is 7.99. The second kappa shape index (κ2) is 7.90. The minimum Gasteiger partial charge on any atom is -0.310 e. The largest absolute Gasteiger partial charge is 0.310 e. The third-order valence-corrected chi connectivity index (χ3v) is 6.33. The van der Waals surface area contributed by atoms with Gasteiger partial charge in [-0.25, -0.2) is 0 Å². The molecule has 1 heterocycles. The molecule has 0 aromatic heterocycles. The molecule has 4 atom stereocenters. The molecule has 3 heteroatoms. The third kappa shape index (κ3) is 4.37. The third-order valence-electron chi connectivity index (χ3n) is 5.01. The Bertz CT molecular complexity index is 259. The number of piperidine rings is 1. The summed E-state index contributed by atoms with van der Waals surface area (Å²) in [5.74, 6) is 2.13. The van der Waals surface area contributed by atoms with Gasteiger partial charge in [0.25, 0.3) is 0 Å². The molecule has 112 valence electrons. The van der Waals surface area contributed by atoms with E-state index < -0.39 is 0 Å². The summed E-state index contributed by atoms with van der Waals surface area (Å²) in [5.41, 5.74) is 0. The molecule has 0 radical (unpaired) electrons. The van der Waals surface area contributed by atoms with Crippen molar-refractivity contribution < 1.29 is 0 Å². The lowest BCUT2D eigenvalue weighted by Gasteiger charge is -2.37. The fourth-order valence-electron chi connectivity index (χ4n) is 3.79. The number of hydrogen-bond acceptors (Lipinski definition) is 3. The van der Waals surface area contributed by atoms with E-state index in [1.165, 1.54) is 57.5 Å². The van der Waals surface area contributed by atoms with Crippen LogP contribution in [0.4, 0.5) is 0 Å². The minimum atomic E-state index is 0.692. The van der Waals surface area contributed by atoms with Crippen molar-refractivity contribution in [3.63, 3.8) is 0 Å². The quantitative estimate of drug-likeness (QED) is 0.805. The Labute approximate surface area is 124 Å². The fraction of sp³-hybridized carbons (Fsp3) is 1.00. The maximum Gasteiger partial charge on any atom is 0.0201 e. The van der Waals surface area contributed by atoms with Gasteiger partial charge in [0.2, 0.25) is 0 Å². The van der Waals surface area contributed by atoms with Crippen LogP contribution in [0.25, 0.3) is 0 Å². The van der Waals surface area contributed by atoms with Gasteiger partial charge in [0.1, 0.15) is 0 Å². The van der Waals surface area contributed by atoms with Gasteiger partial charge >= 0.3 is 0 Å². The second-order valence-corrected chi connectivity index (χ2v) is 7.80. The summed E-state index contributed by atoms with van der Waals surface area (Å²) in [4.78, 5) is 2.62. The molecule has 0 bridgehead atoms. The Morgan fingerprint density at radius 1 is 1.21 bits per heavy atom. The molecule has 2 aliphatic rings. The lowest BCUT2D eigenvalue weighted by molar-refractivity contribution is 0.153. The zero-order valence-corrected chi connectivity index (χ0v) is 13.8. The molecule has 1 aliphatic carbocycles. The number of thioether (sulfide) groups is 1. The first-order chi connectivity index (χ1) is 9.24. The van der Waals surface area contributed by atoms with Gasteiger partial charge in [-0.05, 0) is 57.4 Å².